The van der Waals surface area contributed by atoms with E-state index in [1.54, 1.807) is 6.08 Å². The first-order valence-corrected chi connectivity index (χ1v) is 8.53. The van der Waals surface area contributed by atoms with Crippen LogP contribution in [0.2, 0.25) is 0 Å². The molecular formula is C23H19NO2. The largest absolute Gasteiger partial charge is 0.456 e. The zero-order valence-corrected chi connectivity index (χ0v) is 14.8. The first kappa shape index (κ1) is 16.2. The quantitative estimate of drug-likeness (QED) is 0.360. The lowest BCUT2D eigenvalue weighted by atomic mass is 10.1. The lowest BCUT2D eigenvalue weighted by molar-refractivity contribution is 0.104. The van der Waals surface area contributed by atoms with Gasteiger partial charge < -0.3 is 9.32 Å². The predicted octanol–water partition coefficient (Wildman–Crippen LogP) is 5.55. The fraction of sp³-hybridized carbons (Fsp3) is 0.0870. The molecule has 0 amide bonds. The van der Waals surface area contributed by atoms with Crippen LogP contribution in [0, 0.1) is 0 Å². The molecule has 3 heteroatoms. The Bertz CT molecular complexity index is 1120. The second kappa shape index (κ2) is 6.52. The van der Waals surface area contributed by atoms with Crippen LogP contribution >= 0.6 is 0 Å². The Morgan fingerprint density at radius 3 is 2.38 bits per heavy atom. The van der Waals surface area contributed by atoms with Gasteiger partial charge in [0, 0.05) is 36.1 Å². The molecule has 128 valence electrons. The third kappa shape index (κ3) is 3.00. The highest BCUT2D eigenvalue weighted by molar-refractivity contribution is 6.08. The molecule has 0 atom stereocenters. The summed E-state index contributed by atoms with van der Waals surface area (Å²) in [6.45, 7) is 0. The molecule has 4 rings (SSSR count). The van der Waals surface area contributed by atoms with Crippen LogP contribution in [0.1, 0.15) is 15.9 Å². The third-order valence-electron chi connectivity index (χ3n) is 4.50. The summed E-state index contributed by atoms with van der Waals surface area (Å²) in [5, 5.41) is 2.15. The number of anilines is 1. The van der Waals surface area contributed by atoms with E-state index in [1.165, 1.54) is 0 Å². The van der Waals surface area contributed by atoms with Crippen molar-refractivity contribution in [2.24, 2.45) is 0 Å². The number of benzene rings is 3. The van der Waals surface area contributed by atoms with Gasteiger partial charge in [0.2, 0.25) is 0 Å². The van der Waals surface area contributed by atoms with Crippen LogP contribution in [-0.4, -0.2) is 19.9 Å². The fourth-order valence-electron chi connectivity index (χ4n) is 3.04. The number of hydrogen-bond donors (Lipinski definition) is 0. The van der Waals surface area contributed by atoms with Gasteiger partial charge in [-0.05, 0) is 54.1 Å². The number of hydrogen-bond acceptors (Lipinski definition) is 3. The van der Waals surface area contributed by atoms with Gasteiger partial charge in [-0.2, -0.15) is 0 Å². The maximum Gasteiger partial charge on any atom is 0.185 e. The summed E-state index contributed by atoms with van der Waals surface area (Å²) >= 11 is 0. The first-order valence-electron chi connectivity index (χ1n) is 8.53. The van der Waals surface area contributed by atoms with E-state index in [0.29, 0.717) is 5.56 Å². The maximum absolute atomic E-state index is 12.4. The molecule has 0 fully saturated rings. The van der Waals surface area contributed by atoms with Crippen LogP contribution in [0.4, 0.5) is 5.69 Å². The van der Waals surface area contributed by atoms with Crippen molar-refractivity contribution in [2.75, 3.05) is 19.0 Å². The highest BCUT2D eigenvalue weighted by Gasteiger charge is 2.07. The Kier molecular flexibility index (Phi) is 4.05. The van der Waals surface area contributed by atoms with Gasteiger partial charge in [-0.3, -0.25) is 4.79 Å². The molecule has 3 aromatic carbocycles. The molecule has 0 N–H and O–H groups in total. The van der Waals surface area contributed by atoms with Crippen LogP contribution in [0.25, 0.3) is 28.0 Å². The molecule has 1 heterocycles. The molecular weight excluding hydrogens is 322 g/mol. The standard InChI is InChI=1S/C23H19NO2/c1-24(2)18-11-9-17(10-12-18)21(25)13-7-16-8-14-23-20(15-16)19-5-3-4-6-22(19)26-23/h3-15H,1-2H3/b13-7+. The molecule has 3 nitrogen and oxygen atoms in total. The van der Waals surface area contributed by atoms with Gasteiger partial charge in [0.1, 0.15) is 11.2 Å². The zero-order chi connectivity index (χ0) is 18.1. The van der Waals surface area contributed by atoms with Gasteiger partial charge in [0.05, 0.1) is 0 Å². The van der Waals surface area contributed by atoms with Crippen molar-refractivity contribution in [1.29, 1.82) is 0 Å². The first-order chi connectivity index (χ1) is 12.6. The third-order valence-corrected chi connectivity index (χ3v) is 4.50. The lowest BCUT2D eigenvalue weighted by Crippen LogP contribution is -2.08. The monoisotopic (exact) mass is 341 g/mol. The Balaban J connectivity index is 1.61. The molecule has 0 saturated carbocycles. The SMILES string of the molecule is CN(C)c1ccc(C(=O)/C=C/c2ccc3oc4ccccc4c3c2)cc1. The minimum atomic E-state index is -0.00699. The Morgan fingerprint density at radius 2 is 1.62 bits per heavy atom. The number of furan rings is 1. The summed E-state index contributed by atoms with van der Waals surface area (Å²) in [5.74, 6) is -0.00699. The Morgan fingerprint density at radius 1 is 0.885 bits per heavy atom. The Labute approximate surface area is 152 Å². The van der Waals surface area contributed by atoms with E-state index in [2.05, 4.69) is 6.07 Å². The van der Waals surface area contributed by atoms with Crippen LogP contribution in [0.3, 0.4) is 0 Å². The van der Waals surface area contributed by atoms with Crippen molar-refractivity contribution in [3.63, 3.8) is 0 Å². The van der Waals surface area contributed by atoms with E-state index in [9.17, 15) is 4.79 Å². The summed E-state index contributed by atoms with van der Waals surface area (Å²) in [6.07, 6.45) is 3.47. The van der Waals surface area contributed by atoms with Crippen LogP contribution in [0.15, 0.2) is 77.2 Å². The molecule has 0 aliphatic rings. The molecule has 0 aliphatic carbocycles. The molecule has 1 aromatic heterocycles. The molecule has 26 heavy (non-hydrogen) atoms. The number of ketones is 1. The average Bonchev–Trinajstić information content (AvgIpc) is 3.04. The predicted molar refractivity (Wildman–Crippen MR) is 108 cm³/mol. The number of carbonyl (C=O) groups excluding carboxylic acids is 1. The van der Waals surface area contributed by atoms with Crippen LogP contribution in [-0.2, 0) is 0 Å². The van der Waals surface area contributed by atoms with Gasteiger partial charge in [0.25, 0.3) is 0 Å². The summed E-state index contributed by atoms with van der Waals surface area (Å²) in [7, 11) is 3.96. The van der Waals surface area contributed by atoms with Gasteiger partial charge in [-0.1, -0.05) is 30.3 Å². The summed E-state index contributed by atoms with van der Waals surface area (Å²) in [5.41, 5.74) is 4.46. The molecule has 4 aromatic rings. The lowest BCUT2D eigenvalue weighted by Gasteiger charge is -2.11. The molecule has 0 unspecified atom stereocenters. The summed E-state index contributed by atoms with van der Waals surface area (Å²) in [6, 6.07) is 21.6. The van der Waals surface area contributed by atoms with Gasteiger partial charge in [-0.15, -0.1) is 0 Å². The molecule has 0 saturated heterocycles. The number of carbonyl (C=O) groups is 1. The zero-order valence-electron chi connectivity index (χ0n) is 14.8. The molecule has 0 aliphatic heterocycles. The summed E-state index contributed by atoms with van der Waals surface area (Å²) < 4.78 is 5.84. The van der Waals surface area contributed by atoms with Crippen molar-refractivity contribution in [2.45, 2.75) is 0 Å². The highest BCUT2D eigenvalue weighted by atomic mass is 16.3. The van der Waals surface area contributed by atoms with E-state index in [1.807, 2.05) is 85.7 Å². The number of fused-ring (bicyclic) bond motifs is 3. The van der Waals surface area contributed by atoms with Crippen molar-refractivity contribution >= 4 is 39.5 Å². The Hall–Kier alpha value is -3.33. The minimum absolute atomic E-state index is 0.00699. The topological polar surface area (TPSA) is 33.5 Å². The summed E-state index contributed by atoms with van der Waals surface area (Å²) in [4.78, 5) is 14.4. The number of para-hydroxylation sites is 1. The van der Waals surface area contributed by atoms with E-state index >= 15 is 0 Å². The molecule has 0 spiro atoms. The van der Waals surface area contributed by atoms with Crippen molar-refractivity contribution in [3.05, 3.63) is 83.9 Å². The van der Waals surface area contributed by atoms with E-state index in [4.69, 9.17) is 4.42 Å². The van der Waals surface area contributed by atoms with Crippen molar-refractivity contribution in [1.82, 2.24) is 0 Å². The van der Waals surface area contributed by atoms with Crippen LogP contribution < -0.4 is 4.90 Å². The fourth-order valence-corrected chi connectivity index (χ4v) is 3.04. The highest BCUT2D eigenvalue weighted by Crippen LogP contribution is 2.29. The molecule has 0 radical (unpaired) electrons. The smallest absolute Gasteiger partial charge is 0.185 e. The number of rotatable bonds is 4. The second-order valence-electron chi connectivity index (χ2n) is 6.49. The normalized spacial score (nSPS) is 11.5. The van der Waals surface area contributed by atoms with Gasteiger partial charge in [0.15, 0.2) is 5.78 Å². The van der Waals surface area contributed by atoms with E-state index in [0.717, 1.165) is 33.2 Å². The van der Waals surface area contributed by atoms with E-state index < -0.39 is 0 Å². The number of allylic oxidation sites excluding steroid dienone is 1. The van der Waals surface area contributed by atoms with Crippen molar-refractivity contribution < 1.29 is 9.21 Å². The number of nitrogens with zero attached hydrogens (tertiary/aromatic N) is 1. The van der Waals surface area contributed by atoms with Crippen molar-refractivity contribution in [3.8, 4) is 0 Å². The van der Waals surface area contributed by atoms with Gasteiger partial charge >= 0.3 is 0 Å². The maximum atomic E-state index is 12.4. The molecule has 0 bridgehead atoms. The van der Waals surface area contributed by atoms with Gasteiger partial charge in [-0.25, -0.2) is 0 Å². The second-order valence-corrected chi connectivity index (χ2v) is 6.49. The van der Waals surface area contributed by atoms with Crippen LogP contribution in [0.5, 0.6) is 0 Å². The minimum Gasteiger partial charge on any atom is -0.456 e. The van der Waals surface area contributed by atoms with E-state index in [-0.39, 0.29) is 5.78 Å². The average molecular weight is 341 g/mol.